The van der Waals surface area contributed by atoms with E-state index < -0.39 is 0 Å². The molecule has 204 valence electrons. The second-order valence-electron chi connectivity index (χ2n) is 9.80. The van der Waals surface area contributed by atoms with Crippen molar-refractivity contribution in [2.75, 3.05) is 53.0 Å². The van der Waals surface area contributed by atoms with Crippen molar-refractivity contribution in [2.24, 2.45) is 5.10 Å². The fourth-order valence-corrected chi connectivity index (χ4v) is 5.57. The smallest absolute Gasteiger partial charge is 0.264 e. The van der Waals surface area contributed by atoms with E-state index in [2.05, 4.69) is 29.2 Å². The summed E-state index contributed by atoms with van der Waals surface area (Å²) in [7, 11) is 1.64. The number of amides is 2. The van der Waals surface area contributed by atoms with Gasteiger partial charge in [0, 0.05) is 32.6 Å². The Balaban J connectivity index is 1.39. The average Bonchev–Trinajstić information content (AvgIpc) is 3.67. The van der Waals surface area contributed by atoms with Crippen LogP contribution in [0.5, 0.6) is 5.75 Å². The lowest BCUT2D eigenvalue weighted by Crippen LogP contribution is -2.46. The molecular weight excluding hydrogens is 512 g/mol. The Kier molecular flexibility index (Phi) is 8.71. The van der Waals surface area contributed by atoms with Crippen LogP contribution in [0.3, 0.4) is 0 Å². The van der Waals surface area contributed by atoms with E-state index >= 15 is 0 Å². The number of benzene rings is 2. The molecule has 0 spiro atoms. The summed E-state index contributed by atoms with van der Waals surface area (Å²) in [5.74, 6) is 0.441. The molecule has 2 aliphatic heterocycles. The third-order valence-electron chi connectivity index (χ3n) is 7.19. The normalized spacial score (nSPS) is 17.6. The Labute approximate surface area is 233 Å². The number of hydrazone groups is 1. The molecule has 2 amide bonds. The van der Waals surface area contributed by atoms with Crippen LogP contribution in [0.1, 0.15) is 38.8 Å². The SMILES string of the molecule is COc1ccc(C2=NN(C(=O)CN(CCN3CCOCC3)C(=O)c3cccs3)[C@H](c3ccc(C)cc3)C2)cc1. The number of aryl methyl sites for hydroxylation is 1. The molecule has 0 saturated carbocycles. The van der Waals surface area contributed by atoms with Crippen LogP contribution in [0.2, 0.25) is 0 Å². The molecule has 9 heteroatoms. The van der Waals surface area contributed by atoms with Crippen molar-refractivity contribution in [3.8, 4) is 5.75 Å². The number of ether oxygens (including phenoxy) is 2. The summed E-state index contributed by atoms with van der Waals surface area (Å²) in [6.45, 7) is 6.18. The van der Waals surface area contributed by atoms with Crippen LogP contribution < -0.4 is 4.74 Å². The molecule has 0 unspecified atom stereocenters. The minimum atomic E-state index is -0.242. The monoisotopic (exact) mass is 546 g/mol. The first-order valence-corrected chi connectivity index (χ1v) is 14.1. The molecule has 2 aliphatic rings. The number of rotatable bonds is 9. The zero-order valence-corrected chi connectivity index (χ0v) is 23.2. The first-order chi connectivity index (χ1) is 19.0. The van der Waals surface area contributed by atoms with Crippen LogP contribution in [-0.2, 0) is 9.53 Å². The first-order valence-electron chi connectivity index (χ1n) is 13.3. The quantitative estimate of drug-likeness (QED) is 0.402. The molecule has 1 fully saturated rings. The molecule has 8 nitrogen and oxygen atoms in total. The van der Waals surface area contributed by atoms with Crippen LogP contribution >= 0.6 is 11.3 Å². The molecule has 1 saturated heterocycles. The number of carbonyl (C=O) groups is 2. The van der Waals surface area contributed by atoms with Crippen LogP contribution in [0.25, 0.3) is 0 Å². The maximum Gasteiger partial charge on any atom is 0.264 e. The third kappa shape index (κ3) is 6.55. The Morgan fingerprint density at radius 3 is 2.49 bits per heavy atom. The molecule has 0 N–H and O–H groups in total. The topological polar surface area (TPSA) is 74.7 Å². The van der Waals surface area contributed by atoms with E-state index in [1.54, 1.807) is 17.0 Å². The molecule has 0 bridgehead atoms. The van der Waals surface area contributed by atoms with E-state index in [-0.39, 0.29) is 24.4 Å². The van der Waals surface area contributed by atoms with Crippen LogP contribution in [0.15, 0.2) is 71.1 Å². The summed E-state index contributed by atoms with van der Waals surface area (Å²) < 4.78 is 10.8. The number of carbonyl (C=O) groups excluding carboxylic acids is 2. The number of morpholine rings is 1. The molecule has 3 heterocycles. The highest BCUT2D eigenvalue weighted by Crippen LogP contribution is 2.33. The van der Waals surface area contributed by atoms with Gasteiger partial charge in [-0.15, -0.1) is 11.3 Å². The molecule has 0 radical (unpaired) electrons. The van der Waals surface area contributed by atoms with Gasteiger partial charge in [0.2, 0.25) is 0 Å². The van der Waals surface area contributed by atoms with Crippen molar-refractivity contribution in [3.63, 3.8) is 0 Å². The summed E-state index contributed by atoms with van der Waals surface area (Å²) in [5, 5.41) is 8.28. The van der Waals surface area contributed by atoms with Crippen molar-refractivity contribution in [1.29, 1.82) is 0 Å². The highest BCUT2D eigenvalue weighted by atomic mass is 32.1. The van der Waals surface area contributed by atoms with Gasteiger partial charge in [0.05, 0.1) is 37.0 Å². The second-order valence-corrected chi connectivity index (χ2v) is 10.7. The number of methoxy groups -OCH3 is 1. The Morgan fingerprint density at radius 1 is 1.08 bits per heavy atom. The van der Waals surface area contributed by atoms with Crippen molar-refractivity contribution in [1.82, 2.24) is 14.8 Å². The maximum atomic E-state index is 13.9. The van der Waals surface area contributed by atoms with Gasteiger partial charge in [0.25, 0.3) is 11.8 Å². The van der Waals surface area contributed by atoms with Gasteiger partial charge < -0.3 is 14.4 Å². The van der Waals surface area contributed by atoms with E-state index in [0.29, 0.717) is 37.6 Å². The lowest BCUT2D eigenvalue weighted by molar-refractivity contribution is -0.133. The Bertz CT molecular complexity index is 1290. The van der Waals surface area contributed by atoms with Gasteiger partial charge in [-0.3, -0.25) is 14.5 Å². The summed E-state index contributed by atoms with van der Waals surface area (Å²) in [5.41, 5.74) is 3.95. The lowest BCUT2D eigenvalue weighted by atomic mass is 9.97. The van der Waals surface area contributed by atoms with Crippen LogP contribution in [0, 0.1) is 6.92 Å². The predicted octanol–water partition coefficient (Wildman–Crippen LogP) is 4.22. The zero-order chi connectivity index (χ0) is 27.2. The molecule has 0 aliphatic carbocycles. The van der Waals surface area contributed by atoms with E-state index in [1.807, 2.05) is 48.7 Å². The number of thiophene rings is 1. The molecule has 39 heavy (non-hydrogen) atoms. The molecule has 3 aromatic rings. The van der Waals surface area contributed by atoms with Gasteiger partial charge in [0.1, 0.15) is 12.3 Å². The number of nitrogens with zero attached hydrogens (tertiary/aromatic N) is 4. The number of hydrogen-bond donors (Lipinski definition) is 0. The summed E-state index contributed by atoms with van der Waals surface area (Å²) in [4.78, 5) is 31.9. The Hall–Kier alpha value is -3.53. The summed E-state index contributed by atoms with van der Waals surface area (Å²) in [6, 6.07) is 19.4. The van der Waals surface area contributed by atoms with Crippen molar-refractivity contribution >= 4 is 28.9 Å². The molecule has 2 aromatic carbocycles. The van der Waals surface area contributed by atoms with E-state index in [4.69, 9.17) is 14.6 Å². The van der Waals surface area contributed by atoms with E-state index in [9.17, 15) is 9.59 Å². The average molecular weight is 547 g/mol. The van der Waals surface area contributed by atoms with Crippen LogP contribution in [0.4, 0.5) is 0 Å². The fourth-order valence-electron chi connectivity index (χ4n) is 4.88. The van der Waals surface area contributed by atoms with E-state index in [1.165, 1.54) is 11.3 Å². The first kappa shape index (κ1) is 27.1. The minimum Gasteiger partial charge on any atom is -0.497 e. The van der Waals surface area contributed by atoms with Gasteiger partial charge in [-0.25, -0.2) is 5.01 Å². The van der Waals surface area contributed by atoms with Crippen molar-refractivity contribution in [2.45, 2.75) is 19.4 Å². The van der Waals surface area contributed by atoms with Gasteiger partial charge in [-0.05, 0) is 53.8 Å². The third-order valence-corrected chi connectivity index (χ3v) is 8.04. The van der Waals surface area contributed by atoms with Crippen LogP contribution in [-0.4, -0.2) is 85.4 Å². The van der Waals surface area contributed by atoms with Gasteiger partial charge >= 0.3 is 0 Å². The van der Waals surface area contributed by atoms with Crippen molar-refractivity contribution < 1.29 is 19.1 Å². The van der Waals surface area contributed by atoms with Gasteiger partial charge in [-0.1, -0.05) is 35.9 Å². The molecule has 1 atom stereocenters. The lowest BCUT2D eigenvalue weighted by Gasteiger charge is -2.31. The van der Waals surface area contributed by atoms with Gasteiger partial charge in [-0.2, -0.15) is 5.10 Å². The number of hydrogen-bond acceptors (Lipinski definition) is 7. The van der Waals surface area contributed by atoms with Crippen molar-refractivity contribution in [3.05, 3.63) is 87.6 Å². The largest absolute Gasteiger partial charge is 0.497 e. The maximum absolute atomic E-state index is 13.9. The Morgan fingerprint density at radius 2 is 1.82 bits per heavy atom. The minimum absolute atomic E-state index is 0.0389. The summed E-state index contributed by atoms with van der Waals surface area (Å²) >= 11 is 1.39. The van der Waals surface area contributed by atoms with Gasteiger partial charge in [0.15, 0.2) is 0 Å². The highest BCUT2D eigenvalue weighted by Gasteiger charge is 2.34. The van der Waals surface area contributed by atoms with E-state index in [0.717, 1.165) is 41.2 Å². The second kappa shape index (κ2) is 12.5. The zero-order valence-electron chi connectivity index (χ0n) is 22.4. The standard InChI is InChI=1S/C30H34N4O4S/c1-22-5-7-24(8-6-22)27-20-26(23-9-11-25(37-2)12-10-23)31-34(27)29(35)21-33(30(36)28-4-3-19-39-28)14-13-32-15-17-38-18-16-32/h3-12,19,27H,13-18,20-21H2,1-2H3/t27-/m0/s1. The molecular formula is C30H34N4O4S. The highest BCUT2D eigenvalue weighted by molar-refractivity contribution is 7.12. The molecule has 5 rings (SSSR count). The predicted molar refractivity (Wildman–Crippen MR) is 152 cm³/mol. The fraction of sp³-hybridized carbons (Fsp3) is 0.367. The molecule has 1 aromatic heterocycles. The summed E-state index contributed by atoms with van der Waals surface area (Å²) in [6.07, 6.45) is 0.591.